The van der Waals surface area contributed by atoms with Gasteiger partial charge in [-0.25, -0.2) is 4.98 Å². The van der Waals surface area contributed by atoms with E-state index in [9.17, 15) is 4.79 Å². The Balaban J connectivity index is 1.96. The molecule has 0 unspecified atom stereocenters. The van der Waals surface area contributed by atoms with E-state index in [1.54, 1.807) is 17.7 Å². The van der Waals surface area contributed by atoms with Crippen LogP contribution in [0.4, 0.5) is 0 Å². The number of aryl methyl sites for hydroxylation is 1. The summed E-state index contributed by atoms with van der Waals surface area (Å²) in [6.07, 6.45) is 6.77. The van der Waals surface area contributed by atoms with E-state index in [2.05, 4.69) is 15.1 Å². The Morgan fingerprint density at radius 3 is 2.86 bits per heavy atom. The highest BCUT2D eigenvalue weighted by molar-refractivity contribution is 5.82. The standard InChI is InChI=1S/C14H18N4O3/c1-3-20-13(19)14(6-4-5-7-14)12-16-10(17-21-12)11-15-8-9-18(11)2/h8-9H,3-7H2,1-2H3. The lowest BCUT2D eigenvalue weighted by molar-refractivity contribution is -0.151. The molecule has 0 amide bonds. The molecule has 0 aromatic carbocycles. The van der Waals surface area contributed by atoms with E-state index in [1.807, 2.05) is 13.2 Å². The molecule has 0 saturated heterocycles. The average molecular weight is 290 g/mol. The number of ether oxygens (including phenoxy) is 1. The van der Waals surface area contributed by atoms with Crippen molar-refractivity contribution >= 4 is 5.97 Å². The van der Waals surface area contributed by atoms with Crippen LogP contribution in [0.5, 0.6) is 0 Å². The molecule has 2 aromatic heterocycles. The van der Waals surface area contributed by atoms with Crippen molar-refractivity contribution in [3.05, 3.63) is 18.3 Å². The van der Waals surface area contributed by atoms with Gasteiger partial charge in [0.25, 0.3) is 0 Å². The highest BCUT2D eigenvalue weighted by atomic mass is 16.5. The predicted molar refractivity (Wildman–Crippen MR) is 73.3 cm³/mol. The molecule has 3 rings (SSSR count). The van der Waals surface area contributed by atoms with Gasteiger partial charge < -0.3 is 13.8 Å². The third-order valence-electron chi connectivity index (χ3n) is 3.98. The molecule has 0 radical (unpaired) electrons. The third kappa shape index (κ3) is 2.22. The van der Waals surface area contributed by atoms with Crippen molar-refractivity contribution in [2.45, 2.75) is 38.0 Å². The summed E-state index contributed by atoms with van der Waals surface area (Å²) >= 11 is 0. The number of nitrogens with zero attached hydrogens (tertiary/aromatic N) is 4. The van der Waals surface area contributed by atoms with Gasteiger partial charge >= 0.3 is 5.97 Å². The second-order valence-electron chi connectivity index (χ2n) is 5.29. The summed E-state index contributed by atoms with van der Waals surface area (Å²) in [6, 6.07) is 0. The van der Waals surface area contributed by atoms with Gasteiger partial charge in [-0.05, 0) is 19.8 Å². The van der Waals surface area contributed by atoms with Crippen LogP contribution in [0.1, 0.15) is 38.5 Å². The van der Waals surface area contributed by atoms with E-state index in [4.69, 9.17) is 9.26 Å². The molecule has 0 N–H and O–H groups in total. The van der Waals surface area contributed by atoms with E-state index in [-0.39, 0.29) is 5.97 Å². The Labute approximate surface area is 122 Å². The first-order valence-electron chi connectivity index (χ1n) is 7.16. The van der Waals surface area contributed by atoms with Gasteiger partial charge in [0.05, 0.1) is 6.61 Å². The number of esters is 1. The lowest BCUT2D eigenvalue weighted by Gasteiger charge is -2.21. The van der Waals surface area contributed by atoms with E-state index in [0.29, 0.717) is 37.0 Å². The second kappa shape index (κ2) is 5.31. The summed E-state index contributed by atoms with van der Waals surface area (Å²) in [5, 5.41) is 3.97. The molecule has 0 atom stereocenters. The van der Waals surface area contributed by atoms with E-state index in [1.165, 1.54) is 0 Å². The van der Waals surface area contributed by atoms with Crippen LogP contribution in [-0.2, 0) is 22.0 Å². The van der Waals surface area contributed by atoms with Crippen LogP contribution in [0, 0.1) is 0 Å². The lowest BCUT2D eigenvalue weighted by atomic mass is 9.86. The maximum atomic E-state index is 12.4. The van der Waals surface area contributed by atoms with Crippen LogP contribution in [-0.4, -0.2) is 32.3 Å². The summed E-state index contributed by atoms with van der Waals surface area (Å²) in [7, 11) is 1.86. The molecule has 112 valence electrons. The van der Waals surface area contributed by atoms with Crippen LogP contribution >= 0.6 is 0 Å². The van der Waals surface area contributed by atoms with Gasteiger partial charge in [-0.2, -0.15) is 4.98 Å². The van der Waals surface area contributed by atoms with Crippen molar-refractivity contribution in [3.8, 4) is 11.6 Å². The van der Waals surface area contributed by atoms with Crippen molar-refractivity contribution in [1.82, 2.24) is 19.7 Å². The summed E-state index contributed by atoms with van der Waals surface area (Å²) in [6.45, 7) is 2.15. The molecule has 2 aromatic rings. The Bertz CT molecular complexity index is 640. The third-order valence-corrected chi connectivity index (χ3v) is 3.98. The lowest BCUT2D eigenvalue weighted by Crippen LogP contribution is -2.35. The molecule has 1 saturated carbocycles. The molecule has 7 heteroatoms. The smallest absolute Gasteiger partial charge is 0.321 e. The fourth-order valence-electron chi connectivity index (χ4n) is 2.84. The molecular weight excluding hydrogens is 272 g/mol. The maximum Gasteiger partial charge on any atom is 0.321 e. The highest BCUT2D eigenvalue weighted by Gasteiger charge is 2.49. The first kappa shape index (κ1) is 13.8. The van der Waals surface area contributed by atoms with Crippen molar-refractivity contribution in [2.75, 3.05) is 6.61 Å². The van der Waals surface area contributed by atoms with E-state index >= 15 is 0 Å². The van der Waals surface area contributed by atoms with E-state index in [0.717, 1.165) is 12.8 Å². The normalized spacial score (nSPS) is 17.0. The van der Waals surface area contributed by atoms with Gasteiger partial charge in [0.15, 0.2) is 5.82 Å². The summed E-state index contributed by atoms with van der Waals surface area (Å²) in [4.78, 5) is 21.0. The maximum absolute atomic E-state index is 12.4. The van der Waals surface area contributed by atoms with Gasteiger partial charge in [0.1, 0.15) is 5.41 Å². The Kier molecular flexibility index (Phi) is 3.48. The Hall–Kier alpha value is -2.18. The number of carbonyl (C=O) groups excluding carboxylic acids is 1. The van der Waals surface area contributed by atoms with Crippen LogP contribution in [0.3, 0.4) is 0 Å². The van der Waals surface area contributed by atoms with E-state index < -0.39 is 5.41 Å². The Morgan fingerprint density at radius 2 is 2.24 bits per heavy atom. The molecular formula is C14H18N4O3. The molecule has 0 aliphatic heterocycles. The monoisotopic (exact) mass is 290 g/mol. The topological polar surface area (TPSA) is 83.0 Å². The molecule has 7 nitrogen and oxygen atoms in total. The zero-order chi connectivity index (χ0) is 14.9. The Morgan fingerprint density at radius 1 is 1.48 bits per heavy atom. The fraction of sp³-hybridized carbons (Fsp3) is 0.571. The molecule has 1 aliphatic carbocycles. The van der Waals surface area contributed by atoms with Crippen LogP contribution in [0.25, 0.3) is 11.6 Å². The minimum Gasteiger partial charge on any atom is -0.465 e. The molecule has 21 heavy (non-hydrogen) atoms. The number of hydrogen-bond donors (Lipinski definition) is 0. The number of imidazole rings is 1. The SMILES string of the molecule is CCOC(=O)C1(c2nc(-c3nccn3C)no2)CCCC1. The van der Waals surface area contributed by atoms with Crippen molar-refractivity contribution in [1.29, 1.82) is 0 Å². The van der Waals surface area contributed by atoms with Crippen molar-refractivity contribution in [2.24, 2.45) is 7.05 Å². The fourth-order valence-corrected chi connectivity index (χ4v) is 2.84. The summed E-state index contributed by atoms with van der Waals surface area (Å²) in [5.74, 6) is 1.09. The first-order chi connectivity index (χ1) is 10.2. The highest BCUT2D eigenvalue weighted by Crippen LogP contribution is 2.41. The molecule has 2 heterocycles. The van der Waals surface area contributed by atoms with Crippen molar-refractivity contribution in [3.63, 3.8) is 0 Å². The average Bonchev–Trinajstić information content (AvgIpc) is 3.18. The van der Waals surface area contributed by atoms with Gasteiger partial charge in [-0.1, -0.05) is 18.0 Å². The zero-order valence-electron chi connectivity index (χ0n) is 12.2. The predicted octanol–water partition coefficient (Wildman–Crippen LogP) is 1.84. The van der Waals surface area contributed by atoms with Gasteiger partial charge in [0, 0.05) is 19.4 Å². The minimum absolute atomic E-state index is 0.266. The molecule has 1 fully saturated rings. The second-order valence-corrected chi connectivity index (χ2v) is 5.29. The number of carbonyl (C=O) groups is 1. The minimum atomic E-state index is -0.785. The summed E-state index contributed by atoms with van der Waals surface area (Å²) in [5.41, 5.74) is -0.785. The van der Waals surface area contributed by atoms with Crippen LogP contribution in [0.15, 0.2) is 16.9 Å². The zero-order valence-corrected chi connectivity index (χ0v) is 12.2. The van der Waals surface area contributed by atoms with Crippen molar-refractivity contribution < 1.29 is 14.1 Å². The first-order valence-corrected chi connectivity index (χ1v) is 7.16. The molecule has 1 aliphatic rings. The number of aromatic nitrogens is 4. The van der Waals surface area contributed by atoms with Gasteiger partial charge in [-0.3, -0.25) is 4.79 Å². The largest absolute Gasteiger partial charge is 0.465 e. The van der Waals surface area contributed by atoms with Gasteiger partial charge in [-0.15, -0.1) is 0 Å². The number of hydrogen-bond acceptors (Lipinski definition) is 6. The number of rotatable bonds is 4. The van der Waals surface area contributed by atoms with Crippen LogP contribution < -0.4 is 0 Å². The quantitative estimate of drug-likeness (QED) is 0.799. The molecule has 0 bridgehead atoms. The van der Waals surface area contributed by atoms with Crippen LogP contribution in [0.2, 0.25) is 0 Å². The summed E-state index contributed by atoms with van der Waals surface area (Å²) < 4.78 is 12.4. The molecule has 0 spiro atoms. The van der Waals surface area contributed by atoms with Gasteiger partial charge in [0.2, 0.25) is 11.7 Å².